The van der Waals surface area contributed by atoms with Crippen molar-refractivity contribution in [2.24, 2.45) is 0 Å². The van der Waals surface area contributed by atoms with E-state index in [1.807, 2.05) is 0 Å². The summed E-state index contributed by atoms with van der Waals surface area (Å²) in [7, 11) is 0. The van der Waals surface area contributed by atoms with Crippen molar-refractivity contribution in [3.8, 4) is 5.75 Å². The van der Waals surface area contributed by atoms with E-state index < -0.39 is 0 Å². The first-order valence-electron chi connectivity index (χ1n) is 5.62. The van der Waals surface area contributed by atoms with Crippen LogP contribution in [0.2, 0.25) is 15.2 Å². The second-order valence-electron chi connectivity index (χ2n) is 4.08. The van der Waals surface area contributed by atoms with Gasteiger partial charge in [-0.2, -0.15) is 0 Å². The fraction of sp³-hybridized carbons (Fsp3) is 0.0769. The minimum Gasteiger partial charge on any atom is -0.472 e. The average Bonchev–Trinajstić information content (AvgIpc) is 2.41. The predicted octanol–water partition coefficient (Wildman–Crippen LogP) is 4.04. The number of carbonyl (C=O) groups is 1. The zero-order valence-corrected chi connectivity index (χ0v) is 12.2. The van der Waals surface area contributed by atoms with Gasteiger partial charge in [-0.15, -0.1) is 0 Å². The van der Waals surface area contributed by atoms with Crippen LogP contribution in [0.1, 0.15) is 10.4 Å². The third-order valence-electron chi connectivity index (χ3n) is 2.86. The van der Waals surface area contributed by atoms with Crippen molar-refractivity contribution >= 4 is 46.4 Å². The molecule has 3 rings (SSSR count). The molecular weight excluding hydrogens is 323 g/mol. The third-order valence-corrected chi connectivity index (χ3v) is 3.68. The summed E-state index contributed by atoms with van der Waals surface area (Å²) < 4.78 is 5.52. The van der Waals surface area contributed by atoms with Gasteiger partial charge in [0.1, 0.15) is 16.5 Å². The van der Waals surface area contributed by atoms with Crippen LogP contribution >= 0.6 is 34.8 Å². The Morgan fingerprint density at radius 1 is 1.20 bits per heavy atom. The highest BCUT2D eigenvalue weighted by Gasteiger charge is 2.30. The molecule has 1 aliphatic rings. The first-order chi connectivity index (χ1) is 9.58. The van der Waals surface area contributed by atoms with Gasteiger partial charge < -0.3 is 4.74 Å². The Kier molecular flexibility index (Phi) is 3.46. The molecule has 102 valence electrons. The van der Waals surface area contributed by atoms with Crippen molar-refractivity contribution in [2.45, 2.75) is 0 Å². The number of halogens is 3. The van der Waals surface area contributed by atoms with Gasteiger partial charge in [-0.3, -0.25) is 9.69 Å². The quantitative estimate of drug-likeness (QED) is 0.742. The van der Waals surface area contributed by atoms with Crippen LogP contribution in [0.5, 0.6) is 5.75 Å². The molecule has 0 bridgehead atoms. The van der Waals surface area contributed by atoms with Crippen molar-refractivity contribution < 1.29 is 9.53 Å². The molecule has 1 aliphatic heterocycles. The largest absolute Gasteiger partial charge is 0.472 e. The van der Waals surface area contributed by atoms with Crippen molar-refractivity contribution in [1.29, 1.82) is 0 Å². The van der Waals surface area contributed by atoms with Gasteiger partial charge in [0.15, 0.2) is 6.73 Å². The smallest absolute Gasteiger partial charge is 0.266 e. The van der Waals surface area contributed by atoms with E-state index in [1.165, 1.54) is 17.2 Å². The van der Waals surface area contributed by atoms with Crippen LogP contribution in [0.3, 0.4) is 0 Å². The number of pyridine rings is 1. The fourth-order valence-electron chi connectivity index (χ4n) is 1.94. The van der Waals surface area contributed by atoms with Gasteiger partial charge >= 0.3 is 0 Å². The van der Waals surface area contributed by atoms with Crippen LogP contribution in [0.15, 0.2) is 30.5 Å². The van der Waals surface area contributed by atoms with Gasteiger partial charge in [-0.25, -0.2) is 4.98 Å². The number of rotatable bonds is 1. The van der Waals surface area contributed by atoms with E-state index in [0.29, 0.717) is 27.0 Å². The molecule has 1 amide bonds. The molecule has 0 radical (unpaired) electrons. The minimum absolute atomic E-state index is 0.00955. The molecule has 4 nitrogen and oxygen atoms in total. The van der Waals surface area contributed by atoms with Crippen molar-refractivity contribution in [3.05, 3.63) is 51.2 Å². The summed E-state index contributed by atoms with van der Waals surface area (Å²) in [5.41, 5.74) is 0.734. The zero-order valence-electron chi connectivity index (χ0n) is 9.94. The van der Waals surface area contributed by atoms with Crippen LogP contribution < -0.4 is 9.64 Å². The van der Waals surface area contributed by atoms with E-state index in [9.17, 15) is 4.79 Å². The molecule has 0 atom stereocenters. The highest BCUT2D eigenvalue weighted by atomic mass is 35.5. The summed E-state index contributed by atoms with van der Waals surface area (Å²) in [5.74, 6) is 0.111. The average molecular weight is 330 g/mol. The number of benzene rings is 1. The molecule has 0 spiro atoms. The van der Waals surface area contributed by atoms with E-state index in [2.05, 4.69) is 4.98 Å². The van der Waals surface area contributed by atoms with Crippen LogP contribution in [0.25, 0.3) is 0 Å². The topological polar surface area (TPSA) is 42.4 Å². The lowest BCUT2D eigenvalue weighted by atomic mass is 10.2. The number of hydrogen-bond donors (Lipinski definition) is 0. The van der Waals surface area contributed by atoms with Crippen molar-refractivity contribution in [3.63, 3.8) is 0 Å². The van der Waals surface area contributed by atoms with E-state index in [1.54, 1.807) is 18.2 Å². The zero-order chi connectivity index (χ0) is 14.3. The van der Waals surface area contributed by atoms with Crippen LogP contribution in [-0.4, -0.2) is 17.6 Å². The lowest BCUT2D eigenvalue weighted by molar-refractivity contribution is 0.0936. The molecule has 1 aromatic carbocycles. The number of hydrogen-bond acceptors (Lipinski definition) is 3. The molecule has 0 N–H and O–H groups in total. The summed E-state index contributed by atoms with van der Waals surface area (Å²) in [4.78, 5) is 17.7. The Morgan fingerprint density at radius 3 is 2.60 bits per heavy atom. The molecule has 1 aromatic heterocycles. The molecule has 2 heterocycles. The number of carbonyl (C=O) groups excluding carboxylic acids is 1. The highest BCUT2D eigenvalue weighted by molar-refractivity contribution is 6.40. The van der Waals surface area contributed by atoms with Gasteiger partial charge in [-0.05, 0) is 12.1 Å². The second kappa shape index (κ2) is 5.13. The van der Waals surface area contributed by atoms with E-state index in [4.69, 9.17) is 39.5 Å². The molecule has 2 aromatic rings. The number of ether oxygens (including phenoxy) is 1. The van der Waals surface area contributed by atoms with Gasteiger partial charge in [0.05, 0.1) is 15.7 Å². The van der Waals surface area contributed by atoms with Crippen molar-refractivity contribution in [2.75, 3.05) is 11.6 Å². The SMILES string of the molecule is O=C1c2cnc(Cl)cc2OCN1c1c(Cl)cccc1Cl. The molecule has 0 saturated carbocycles. The fourth-order valence-corrected chi connectivity index (χ4v) is 2.69. The summed E-state index contributed by atoms with van der Waals surface area (Å²) in [6.07, 6.45) is 1.37. The van der Waals surface area contributed by atoms with Gasteiger partial charge in [-0.1, -0.05) is 40.9 Å². The molecule has 0 unspecified atom stereocenters. The Balaban J connectivity index is 2.07. The standard InChI is InChI=1S/C13H7Cl3N2O2/c14-8-2-1-3-9(15)12(8)18-6-20-10-4-11(16)17-5-7(10)13(18)19/h1-5H,6H2. The third kappa shape index (κ3) is 2.20. The van der Waals surface area contributed by atoms with E-state index >= 15 is 0 Å². The maximum Gasteiger partial charge on any atom is 0.266 e. The highest BCUT2D eigenvalue weighted by Crippen LogP contribution is 2.37. The van der Waals surface area contributed by atoms with Gasteiger partial charge in [0, 0.05) is 12.3 Å². The first-order valence-corrected chi connectivity index (χ1v) is 6.75. The Bertz CT molecular complexity index is 686. The lowest BCUT2D eigenvalue weighted by Gasteiger charge is -2.29. The van der Waals surface area contributed by atoms with Crippen LogP contribution in [-0.2, 0) is 0 Å². The Labute approximate surface area is 129 Å². The van der Waals surface area contributed by atoms with Gasteiger partial charge in [0.2, 0.25) is 0 Å². The number of amides is 1. The van der Waals surface area contributed by atoms with E-state index in [0.717, 1.165) is 0 Å². The number of aromatic nitrogens is 1. The molecule has 0 saturated heterocycles. The monoisotopic (exact) mass is 328 g/mol. The van der Waals surface area contributed by atoms with Crippen LogP contribution in [0, 0.1) is 0 Å². The normalized spacial score (nSPS) is 13.9. The molecule has 7 heteroatoms. The molecule has 0 aliphatic carbocycles. The Morgan fingerprint density at radius 2 is 1.90 bits per heavy atom. The maximum atomic E-state index is 12.5. The summed E-state index contributed by atoms with van der Waals surface area (Å²) in [6.45, 7) is 0.00955. The summed E-state index contributed by atoms with van der Waals surface area (Å²) in [5, 5.41) is 1.01. The lowest BCUT2D eigenvalue weighted by Crippen LogP contribution is -2.39. The Hall–Kier alpha value is -1.49. The maximum absolute atomic E-state index is 12.5. The minimum atomic E-state index is -0.287. The predicted molar refractivity (Wildman–Crippen MR) is 78.0 cm³/mol. The number of anilines is 1. The summed E-state index contributed by atoms with van der Waals surface area (Å²) in [6, 6.07) is 6.52. The second-order valence-corrected chi connectivity index (χ2v) is 5.28. The molecule has 0 fully saturated rings. The van der Waals surface area contributed by atoms with Crippen molar-refractivity contribution in [1.82, 2.24) is 4.98 Å². The van der Waals surface area contributed by atoms with Gasteiger partial charge in [0.25, 0.3) is 5.91 Å². The number of nitrogens with zero attached hydrogens (tertiary/aromatic N) is 2. The summed E-state index contributed by atoms with van der Waals surface area (Å²) >= 11 is 18.0. The molecular formula is C13H7Cl3N2O2. The number of para-hydroxylation sites is 1. The first kappa shape index (κ1) is 13.5. The molecule has 20 heavy (non-hydrogen) atoms. The van der Waals surface area contributed by atoms with Crippen LogP contribution in [0.4, 0.5) is 5.69 Å². The van der Waals surface area contributed by atoms with E-state index in [-0.39, 0.29) is 17.8 Å². The number of fused-ring (bicyclic) bond motifs is 1.